The normalized spacial score (nSPS) is 11.0. The summed E-state index contributed by atoms with van der Waals surface area (Å²) in [6, 6.07) is 6.14. The third-order valence-corrected chi connectivity index (χ3v) is 3.61. The van der Waals surface area contributed by atoms with E-state index in [2.05, 4.69) is 15.1 Å². The molecule has 0 aliphatic heterocycles. The van der Waals surface area contributed by atoms with Gasteiger partial charge in [-0.1, -0.05) is 28.4 Å². The van der Waals surface area contributed by atoms with E-state index in [4.69, 9.17) is 32.5 Å². The molecule has 0 unspecified atom stereocenters. The summed E-state index contributed by atoms with van der Waals surface area (Å²) in [4.78, 5) is 8.46. The molecule has 8 heteroatoms. The van der Waals surface area contributed by atoms with Gasteiger partial charge < -0.3 is 14.4 Å². The van der Waals surface area contributed by atoms with Crippen LogP contribution >= 0.6 is 23.2 Å². The van der Waals surface area contributed by atoms with Crippen LogP contribution in [-0.2, 0) is 0 Å². The summed E-state index contributed by atoms with van der Waals surface area (Å²) in [5.41, 5.74) is 1.10. The van der Waals surface area contributed by atoms with Crippen LogP contribution in [0.25, 0.3) is 22.8 Å². The van der Waals surface area contributed by atoms with Crippen molar-refractivity contribution < 1.29 is 14.4 Å². The van der Waals surface area contributed by atoms with Gasteiger partial charge in [0.1, 0.15) is 10.8 Å². The molecule has 0 aliphatic rings. The predicted molar refractivity (Wildman–Crippen MR) is 90.4 cm³/mol. The number of aromatic hydroxyl groups is 1. The van der Waals surface area contributed by atoms with Gasteiger partial charge in [-0.15, -0.1) is 0 Å². The molecule has 0 atom stereocenters. The van der Waals surface area contributed by atoms with E-state index in [-0.39, 0.29) is 17.7 Å². The minimum Gasteiger partial charge on any atom is -0.508 e. The van der Waals surface area contributed by atoms with Crippen LogP contribution in [0, 0.1) is 0 Å². The highest BCUT2D eigenvalue weighted by Crippen LogP contribution is 2.32. The number of rotatable bonds is 4. The number of pyridine rings is 1. The van der Waals surface area contributed by atoms with Gasteiger partial charge in [-0.05, 0) is 38.1 Å². The molecule has 124 valence electrons. The molecule has 2 aromatic heterocycles. The van der Waals surface area contributed by atoms with Crippen LogP contribution in [0.2, 0.25) is 10.0 Å². The third kappa shape index (κ3) is 3.44. The third-order valence-electron chi connectivity index (χ3n) is 3.02. The summed E-state index contributed by atoms with van der Waals surface area (Å²) in [7, 11) is 0. The molecule has 0 aliphatic carbocycles. The van der Waals surface area contributed by atoms with E-state index in [0.717, 1.165) is 0 Å². The first-order valence-corrected chi connectivity index (χ1v) is 7.85. The fourth-order valence-corrected chi connectivity index (χ4v) is 2.45. The number of halogens is 2. The van der Waals surface area contributed by atoms with Gasteiger partial charge in [0.05, 0.1) is 16.7 Å². The van der Waals surface area contributed by atoms with Crippen LogP contribution in [0.5, 0.6) is 11.6 Å². The summed E-state index contributed by atoms with van der Waals surface area (Å²) in [6.07, 6.45) is 1.52. The van der Waals surface area contributed by atoms with E-state index in [9.17, 15) is 5.11 Å². The standard InChI is InChI=1S/C16H13Cl2N3O3/c1-8(2)23-16-13(18)5-9(7-19-16)14-20-15(24-21-14)11-4-3-10(22)6-12(11)17/h3-8,22H,1-2H3. The lowest BCUT2D eigenvalue weighted by Gasteiger charge is -2.09. The summed E-state index contributed by atoms with van der Waals surface area (Å²) < 4.78 is 10.7. The Bertz CT molecular complexity index is 881. The zero-order chi connectivity index (χ0) is 17.3. The van der Waals surface area contributed by atoms with Crippen LogP contribution in [0.1, 0.15) is 13.8 Å². The van der Waals surface area contributed by atoms with E-state index in [1.54, 1.807) is 18.3 Å². The van der Waals surface area contributed by atoms with Gasteiger partial charge in [-0.2, -0.15) is 4.98 Å². The minimum atomic E-state index is -0.0331. The maximum atomic E-state index is 9.40. The molecule has 0 saturated carbocycles. The van der Waals surface area contributed by atoms with Crippen molar-refractivity contribution in [2.45, 2.75) is 20.0 Å². The van der Waals surface area contributed by atoms with Crippen molar-refractivity contribution in [3.63, 3.8) is 0 Å². The van der Waals surface area contributed by atoms with Crippen molar-refractivity contribution in [3.8, 4) is 34.5 Å². The second-order valence-electron chi connectivity index (χ2n) is 5.26. The van der Waals surface area contributed by atoms with Gasteiger partial charge in [0, 0.05) is 11.8 Å². The molecule has 0 amide bonds. The topological polar surface area (TPSA) is 81.3 Å². The first-order valence-electron chi connectivity index (χ1n) is 7.09. The molecule has 1 aromatic carbocycles. The molecular weight excluding hydrogens is 353 g/mol. The molecule has 24 heavy (non-hydrogen) atoms. The van der Waals surface area contributed by atoms with Crippen molar-refractivity contribution in [1.82, 2.24) is 15.1 Å². The smallest absolute Gasteiger partial charge is 0.259 e. The summed E-state index contributed by atoms with van der Waals surface area (Å²) in [6.45, 7) is 3.78. The molecule has 3 rings (SSSR count). The predicted octanol–water partition coefficient (Wildman–Crippen LogP) is 4.60. The van der Waals surface area contributed by atoms with Crippen molar-refractivity contribution in [2.24, 2.45) is 0 Å². The lowest BCUT2D eigenvalue weighted by Crippen LogP contribution is -2.07. The van der Waals surface area contributed by atoms with Gasteiger partial charge >= 0.3 is 0 Å². The average Bonchev–Trinajstić information content (AvgIpc) is 2.98. The molecule has 1 N–H and O–H groups in total. The van der Waals surface area contributed by atoms with Crippen molar-refractivity contribution >= 4 is 23.2 Å². The molecular formula is C16H13Cl2N3O3. The lowest BCUT2D eigenvalue weighted by atomic mass is 10.2. The number of phenolic OH excluding ortho intramolecular Hbond substituents is 1. The Morgan fingerprint density at radius 1 is 1.17 bits per heavy atom. The highest BCUT2D eigenvalue weighted by Gasteiger charge is 2.16. The minimum absolute atomic E-state index is 0.0331. The monoisotopic (exact) mass is 365 g/mol. The van der Waals surface area contributed by atoms with E-state index in [1.165, 1.54) is 12.1 Å². The van der Waals surface area contributed by atoms with Gasteiger partial charge in [-0.25, -0.2) is 4.98 Å². The average molecular weight is 366 g/mol. The number of phenols is 1. The molecule has 0 radical (unpaired) electrons. The van der Waals surface area contributed by atoms with Crippen molar-refractivity contribution in [2.75, 3.05) is 0 Å². The number of hydrogen-bond donors (Lipinski definition) is 1. The molecule has 0 fully saturated rings. The van der Waals surface area contributed by atoms with Gasteiger partial charge in [0.2, 0.25) is 11.7 Å². The van der Waals surface area contributed by atoms with Crippen LogP contribution in [-0.4, -0.2) is 26.3 Å². The maximum absolute atomic E-state index is 9.40. The summed E-state index contributed by atoms with van der Waals surface area (Å²) in [5, 5.41) is 14.0. The van der Waals surface area contributed by atoms with Crippen LogP contribution < -0.4 is 4.74 Å². The number of ether oxygens (including phenoxy) is 1. The Balaban J connectivity index is 1.92. The molecule has 0 saturated heterocycles. The number of hydrogen-bond acceptors (Lipinski definition) is 6. The van der Waals surface area contributed by atoms with E-state index >= 15 is 0 Å². The number of benzene rings is 1. The van der Waals surface area contributed by atoms with Crippen molar-refractivity contribution in [1.29, 1.82) is 0 Å². The Kier molecular flexibility index (Phi) is 4.59. The highest BCUT2D eigenvalue weighted by molar-refractivity contribution is 6.33. The lowest BCUT2D eigenvalue weighted by molar-refractivity contribution is 0.233. The summed E-state index contributed by atoms with van der Waals surface area (Å²) in [5.74, 6) is 0.953. The second kappa shape index (κ2) is 6.67. The number of aromatic nitrogens is 3. The highest BCUT2D eigenvalue weighted by atomic mass is 35.5. The number of nitrogens with zero attached hydrogens (tertiary/aromatic N) is 3. The Labute approximate surface area is 148 Å². The SMILES string of the molecule is CC(C)Oc1ncc(-c2noc(-c3ccc(O)cc3Cl)n2)cc1Cl. The van der Waals surface area contributed by atoms with E-state index in [1.807, 2.05) is 13.8 Å². The summed E-state index contributed by atoms with van der Waals surface area (Å²) >= 11 is 12.2. The fraction of sp³-hybridized carbons (Fsp3) is 0.188. The quantitative estimate of drug-likeness (QED) is 0.727. The first kappa shape index (κ1) is 16.5. The van der Waals surface area contributed by atoms with Crippen LogP contribution in [0.3, 0.4) is 0 Å². The van der Waals surface area contributed by atoms with E-state index < -0.39 is 0 Å². The zero-order valence-corrected chi connectivity index (χ0v) is 14.3. The van der Waals surface area contributed by atoms with E-state index in [0.29, 0.717) is 32.9 Å². The molecule has 3 aromatic rings. The molecule has 0 bridgehead atoms. The zero-order valence-electron chi connectivity index (χ0n) is 12.8. The molecule has 2 heterocycles. The Morgan fingerprint density at radius 3 is 2.62 bits per heavy atom. The largest absolute Gasteiger partial charge is 0.508 e. The van der Waals surface area contributed by atoms with Gasteiger partial charge in [0.15, 0.2) is 0 Å². The Hall–Kier alpha value is -2.31. The Morgan fingerprint density at radius 2 is 1.96 bits per heavy atom. The van der Waals surface area contributed by atoms with Crippen molar-refractivity contribution in [3.05, 3.63) is 40.5 Å². The van der Waals surface area contributed by atoms with Crippen LogP contribution in [0.4, 0.5) is 0 Å². The first-order chi connectivity index (χ1) is 11.4. The molecule has 0 spiro atoms. The van der Waals surface area contributed by atoms with Crippen LogP contribution in [0.15, 0.2) is 35.0 Å². The maximum Gasteiger partial charge on any atom is 0.259 e. The second-order valence-corrected chi connectivity index (χ2v) is 6.08. The van der Waals surface area contributed by atoms with Gasteiger partial charge in [0.25, 0.3) is 5.89 Å². The fourth-order valence-electron chi connectivity index (χ4n) is 1.99. The molecule has 6 nitrogen and oxygen atoms in total. The van der Waals surface area contributed by atoms with Gasteiger partial charge in [-0.3, -0.25) is 0 Å².